The third-order valence-corrected chi connectivity index (χ3v) is 2.76. The highest BCUT2D eigenvalue weighted by Crippen LogP contribution is 2.22. The third-order valence-electron chi connectivity index (χ3n) is 2.56. The summed E-state index contributed by atoms with van der Waals surface area (Å²) in [5.41, 5.74) is 0.807. The minimum atomic E-state index is -0.643. The van der Waals surface area contributed by atoms with Crippen LogP contribution in [0.15, 0.2) is 30.4 Å². The quantitative estimate of drug-likeness (QED) is 0.277. The maximum atomic E-state index is 11.5. The van der Waals surface area contributed by atoms with Gasteiger partial charge in [-0.3, -0.25) is 20.2 Å². The van der Waals surface area contributed by atoms with Crippen LogP contribution in [0, 0.1) is 17.0 Å². The fourth-order valence-corrected chi connectivity index (χ4v) is 1.75. The van der Waals surface area contributed by atoms with Gasteiger partial charge in [-0.05, 0) is 32.1 Å². The summed E-state index contributed by atoms with van der Waals surface area (Å²) in [5.74, 6) is -1.27. The molecule has 23 heavy (non-hydrogen) atoms. The molecule has 0 heterocycles. The number of aryl methyl sites for hydroxylation is 1. The third kappa shape index (κ3) is 6.22. The van der Waals surface area contributed by atoms with E-state index in [2.05, 4.69) is 15.4 Å². The van der Waals surface area contributed by atoms with Crippen LogP contribution in [0.1, 0.15) is 12.5 Å². The molecule has 0 radical (unpaired) electrons. The molecule has 0 unspecified atom stereocenters. The summed E-state index contributed by atoms with van der Waals surface area (Å²) in [7, 11) is 0. The molecule has 0 aliphatic heterocycles. The molecule has 1 aromatic rings. The van der Waals surface area contributed by atoms with Crippen molar-refractivity contribution in [2.24, 2.45) is 0 Å². The highest BCUT2D eigenvalue weighted by molar-refractivity contribution is 7.80. The summed E-state index contributed by atoms with van der Waals surface area (Å²) in [6.45, 7) is 3.46. The van der Waals surface area contributed by atoms with Gasteiger partial charge in [-0.2, -0.15) is 0 Å². The van der Waals surface area contributed by atoms with Crippen molar-refractivity contribution in [2.45, 2.75) is 13.8 Å². The van der Waals surface area contributed by atoms with Gasteiger partial charge in [0.25, 0.3) is 5.69 Å². The zero-order valence-corrected chi connectivity index (χ0v) is 13.3. The van der Waals surface area contributed by atoms with E-state index in [1.165, 1.54) is 6.07 Å². The Morgan fingerprint density at radius 3 is 2.70 bits per heavy atom. The molecule has 0 saturated heterocycles. The molecular weight excluding hydrogens is 322 g/mol. The number of nitro groups is 1. The Morgan fingerprint density at radius 2 is 2.09 bits per heavy atom. The van der Waals surface area contributed by atoms with Gasteiger partial charge in [0.05, 0.1) is 11.5 Å². The monoisotopic (exact) mass is 337 g/mol. The van der Waals surface area contributed by atoms with Crippen LogP contribution in [0.4, 0.5) is 11.4 Å². The molecule has 0 aromatic heterocycles. The largest absolute Gasteiger partial charge is 0.463 e. The average Bonchev–Trinajstić information content (AvgIpc) is 2.47. The van der Waals surface area contributed by atoms with Crippen molar-refractivity contribution in [1.29, 1.82) is 0 Å². The van der Waals surface area contributed by atoms with Crippen LogP contribution in [-0.2, 0) is 14.3 Å². The number of thiocarbonyl (C=S) groups is 1. The van der Waals surface area contributed by atoms with Crippen molar-refractivity contribution in [3.05, 3.63) is 46.0 Å². The molecule has 1 rings (SSSR count). The second-order valence-electron chi connectivity index (χ2n) is 4.29. The SMILES string of the molecule is CCOC(=O)C=CC(=O)NC(=S)Nc1ccc(C)c([N+](=O)[O-])c1. The van der Waals surface area contributed by atoms with E-state index in [1.54, 1.807) is 26.0 Å². The maximum Gasteiger partial charge on any atom is 0.330 e. The molecule has 0 aliphatic carbocycles. The second-order valence-corrected chi connectivity index (χ2v) is 4.70. The summed E-state index contributed by atoms with van der Waals surface area (Å²) >= 11 is 4.92. The first kappa shape index (κ1) is 18.2. The summed E-state index contributed by atoms with van der Waals surface area (Å²) in [6.07, 6.45) is 1.95. The Labute approximate surface area is 137 Å². The van der Waals surface area contributed by atoms with Gasteiger partial charge >= 0.3 is 5.97 Å². The van der Waals surface area contributed by atoms with Crippen molar-refractivity contribution >= 4 is 40.6 Å². The van der Waals surface area contributed by atoms with Gasteiger partial charge in [0, 0.05) is 29.5 Å². The van der Waals surface area contributed by atoms with Crippen LogP contribution in [0.2, 0.25) is 0 Å². The lowest BCUT2D eigenvalue weighted by atomic mass is 10.2. The average molecular weight is 337 g/mol. The van der Waals surface area contributed by atoms with Gasteiger partial charge in [0.1, 0.15) is 0 Å². The fourth-order valence-electron chi connectivity index (χ4n) is 1.53. The lowest BCUT2D eigenvalue weighted by molar-refractivity contribution is -0.385. The Hall–Kier alpha value is -2.81. The Balaban J connectivity index is 2.63. The summed E-state index contributed by atoms with van der Waals surface area (Å²) in [5, 5.41) is 15.8. The summed E-state index contributed by atoms with van der Waals surface area (Å²) in [4.78, 5) is 32.9. The van der Waals surface area contributed by atoms with Crippen LogP contribution in [-0.4, -0.2) is 28.5 Å². The molecule has 8 nitrogen and oxygen atoms in total. The number of benzene rings is 1. The number of anilines is 1. The van der Waals surface area contributed by atoms with Crippen molar-refractivity contribution < 1.29 is 19.2 Å². The van der Waals surface area contributed by atoms with Crippen molar-refractivity contribution in [2.75, 3.05) is 11.9 Å². The number of rotatable bonds is 5. The highest BCUT2D eigenvalue weighted by atomic mass is 32.1. The number of nitrogens with zero attached hydrogens (tertiary/aromatic N) is 1. The standard InChI is InChI=1S/C14H15N3O5S/c1-3-22-13(19)7-6-12(18)16-14(23)15-10-5-4-9(2)11(8-10)17(20)21/h4-8H,3H2,1-2H3,(H2,15,16,18,23). The predicted molar refractivity (Wildman–Crippen MR) is 88.0 cm³/mol. The molecule has 0 saturated carbocycles. The van der Waals surface area contributed by atoms with E-state index in [1.807, 2.05) is 0 Å². The molecule has 1 amide bonds. The van der Waals surface area contributed by atoms with E-state index >= 15 is 0 Å². The van der Waals surface area contributed by atoms with Crippen LogP contribution in [0.5, 0.6) is 0 Å². The van der Waals surface area contributed by atoms with Gasteiger partial charge in [0.15, 0.2) is 5.11 Å². The van der Waals surface area contributed by atoms with Gasteiger partial charge in [-0.15, -0.1) is 0 Å². The van der Waals surface area contributed by atoms with Gasteiger partial charge < -0.3 is 10.1 Å². The number of esters is 1. The fraction of sp³-hybridized carbons (Fsp3) is 0.214. The normalized spacial score (nSPS) is 10.2. The number of hydrogen-bond acceptors (Lipinski definition) is 6. The number of amides is 1. The number of carbonyl (C=O) groups is 2. The lowest BCUT2D eigenvalue weighted by Crippen LogP contribution is -2.33. The molecule has 0 fully saturated rings. The van der Waals surface area contributed by atoms with Crippen molar-refractivity contribution in [3.8, 4) is 0 Å². The van der Waals surface area contributed by atoms with Gasteiger partial charge in [-0.1, -0.05) is 6.07 Å². The summed E-state index contributed by atoms with van der Waals surface area (Å²) in [6, 6.07) is 4.46. The van der Waals surface area contributed by atoms with E-state index in [-0.39, 0.29) is 17.4 Å². The van der Waals surface area contributed by atoms with Crippen molar-refractivity contribution in [3.63, 3.8) is 0 Å². The molecule has 0 spiro atoms. The van der Waals surface area contributed by atoms with E-state index in [4.69, 9.17) is 12.2 Å². The maximum absolute atomic E-state index is 11.5. The van der Waals surface area contributed by atoms with Crippen LogP contribution < -0.4 is 10.6 Å². The molecule has 122 valence electrons. The first-order valence-corrected chi connectivity index (χ1v) is 6.96. The van der Waals surface area contributed by atoms with Crippen LogP contribution in [0.25, 0.3) is 0 Å². The molecule has 0 atom stereocenters. The van der Waals surface area contributed by atoms with Gasteiger partial charge in [0.2, 0.25) is 5.91 Å². The van der Waals surface area contributed by atoms with E-state index < -0.39 is 16.8 Å². The van der Waals surface area contributed by atoms with Crippen LogP contribution >= 0.6 is 12.2 Å². The molecule has 0 bridgehead atoms. The van der Waals surface area contributed by atoms with Crippen molar-refractivity contribution in [1.82, 2.24) is 5.32 Å². The first-order chi connectivity index (χ1) is 10.8. The zero-order chi connectivity index (χ0) is 17.4. The Bertz CT molecular complexity index is 672. The zero-order valence-electron chi connectivity index (χ0n) is 12.5. The minimum absolute atomic E-state index is 0.0540. The lowest BCUT2D eigenvalue weighted by Gasteiger charge is -2.08. The van der Waals surface area contributed by atoms with E-state index in [0.29, 0.717) is 11.3 Å². The highest BCUT2D eigenvalue weighted by Gasteiger charge is 2.12. The molecular formula is C14H15N3O5S. The first-order valence-electron chi connectivity index (χ1n) is 6.55. The van der Waals surface area contributed by atoms with Crippen LogP contribution in [0.3, 0.4) is 0 Å². The topological polar surface area (TPSA) is 111 Å². The molecule has 1 aromatic carbocycles. The number of hydrogen-bond donors (Lipinski definition) is 2. The number of nitro benzene ring substituents is 1. The van der Waals surface area contributed by atoms with E-state index in [0.717, 1.165) is 12.2 Å². The number of carbonyl (C=O) groups excluding carboxylic acids is 2. The van der Waals surface area contributed by atoms with Gasteiger partial charge in [-0.25, -0.2) is 4.79 Å². The number of ether oxygens (including phenoxy) is 1. The van der Waals surface area contributed by atoms with E-state index in [9.17, 15) is 19.7 Å². The molecule has 2 N–H and O–H groups in total. The molecule has 0 aliphatic rings. The minimum Gasteiger partial charge on any atom is -0.463 e. The Morgan fingerprint density at radius 1 is 1.39 bits per heavy atom. The molecule has 9 heteroatoms. The number of nitrogens with one attached hydrogen (secondary N) is 2. The Kier molecular flexibility index (Phi) is 6.81. The summed E-state index contributed by atoms with van der Waals surface area (Å²) < 4.78 is 4.62. The predicted octanol–water partition coefficient (Wildman–Crippen LogP) is 1.84. The second kappa shape index (κ2) is 8.59. The smallest absolute Gasteiger partial charge is 0.330 e.